The van der Waals surface area contributed by atoms with Crippen LogP contribution in [0.5, 0.6) is 5.75 Å². The second-order valence-electron chi connectivity index (χ2n) is 3.39. The van der Waals surface area contributed by atoms with E-state index in [9.17, 15) is 4.79 Å². The van der Waals surface area contributed by atoms with Crippen LogP contribution in [0.15, 0.2) is 6.07 Å². The van der Waals surface area contributed by atoms with Gasteiger partial charge in [0.2, 0.25) is 0 Å². The first-order chi connectivity index (χ1) is 8.58. The number of esters is 1. The molecule has 0 fully saturated rings. The van der Waals surface area contributed by atoms with Crippen molar-refractivity contribution >= 4 is 44.3 Å². The summed E-state index contributed by atoms with van der Waals surface area (Å²) in [4.78, 5) is 15.9. The zero-order valence-corrected chi connectivity index (χ0v) is 11.4. The summed E-state index contributed by atoms with van der Waals surface area (Å²) in [5, 5.41) is 0.716. The van der Waals surface area contributed by atoms with Gasteiger partial charge >= 0.3 is 5.97 Å². The van der Waals surface area contributed by atoms with Gasteiger partial charge in [-0.3, -0.25) is 0 Å². The lowest BCUT2D eigenvalue weighted by molar-refractivity contribution is 0.0523. The van der Waals surface area contributed by atoms with Crippen molar-refractivity contribution in [3.8, 4) is 5.75 Å². The second kappa shape index (κ2) is 4.99. The maximum atomic E-state index is 11.8. The molecule has 0 aliphatic rings. The Morgan fingerprint density at radius 1 is 1.61 bits per heavy atom. The first-order valence-corrected chi connectivity index (χ1v) is 6.37. The number of nitrogen functional groups attached to an aromatic ring is 1. The SMILES string of the molecule is CCOC(=O)c1cc(Cl)c2nc(N)sc2c1OC. The highest BCUT2D eigenvalue weighted by Gasteiger charge is 2.21. The number of fused-ring (bicyclic) bond motifs is 1. The van der Waals surface area contributed by atoms with Gasteiger partial charge in [-0.2, -0.15) is 0 Å². The van der Waals surface area contributed by atoms with Crippen molar-refractivity contribution in [2.24, 2.45) is 0 Å². The highest BCUT2D eigenvalue weighted by molar-refractivity contribution is 7.22. The number of carbonyl (C=O) groups excluding carboxylic acids is 1. The van der Waals surface area contributed by atoms with Gasteiger partial charge in [0.1, 0.15) is 15.8 Å². The molecule has 1 aromatic carbocycles. The Kier molecular flexibility index (Phi) is 3.58. The van der Waals surface area contributed by atoms with Crippen LogP contribution in [0.2, 0.25) is 5.02 Å². The fourth-order valence-electron chi connectivity index (χ4n) is 1.60. The Morgan fingerprint density at radius 2 is 2.33 bits per heavy atom. The predicted molar refractivity (Wildman–Crippen MR) is 71.6 cm³/mol. The number of anilines is 1. The molecule has 0 amide bonds. The van der Waals surface area contributed by atoms with Gasteiger partial charge < -0.3 is 15.2 Å². The van der Waals surface area contributed by atoms with E-state index in [1.54, 1.807) is 6.92 Å². The summed E-state index contributed by atoms with van der Waals surface area (Å²) < 4.78 is 10.9. The molecule has 5 nitrogen and oxygen atoms in total. The molecule has 18 heavy (non-hydrogen) atoms. The largest absolute Gasteiger partial charge is 0.494 e. The highest BCUT2D eigenvalue weighted by Crippen LogP contribution is 2.39. The van der Waals surface area contributed by atoms with Gasteiger partial charge in [0.25, 0.3) is 0 Å². The Morgan fingerprint density at radius 3 is 2.94 bits per heavy atom. The van der Waals surface area contributed by atoms with Gasteiger partial charge in [0, 0.05) is 0 Å². The van der Waals surface area contributed by atoms with Crippen molar-refractivity contribution in [1.82, 2.24) is 4.98 Å². The summed E-state index contributed by atoms with van der Waals surface area (Å²) in [6.45, 7) is 2.01. The minimum absolute atomic E-state index is 0.278. The van der Waals surface area contributed by atoms with Crippen LogP contribution in [-0.4, -0.2) is 24.7 Å². The number of halogens is 1. The number of aromatic nitrogens is 1. The van der Waals surface area contributed by atoms with Crippen molar-refractivity contribution in [2.45, 2.75) is 6.92 Å². The van der Waals surface area contributed by atoms with Gasteiger partial charge in [0.05, 0.1) is 18.7 Å². The Labute approximate surface area is 112 Å². The number of hydrogen-bond donors (Lipinski definition) is 1. The molecule has 0 bridgehead atoms. The number of thiazole rings is 1. The van der Waals surface area contributed by atoms with Crippen LogP contribution in [-0.2, 0) is 4.74 Å². The number of methoxy groups -OCH3 is 1. The molecule has 0 aliphatic heterocycles. The van der Waals surface area contributed by atoms with Gasteiger partial charge in [0.15, 0.2) is 10.9 Å². The van der Waals surface area contributed by atoms with Crippen molar-refractivity contribution in [3.63, 3.8) is 0 Å². The van der Waals surface area contributed by atoms with Crippen molar-refractivity contribution in [3.05, 3.63) is 16.7 Å². The van der Waals surface area contributed by atoms with Gasteiger partial charge in [-0.05, 0) is 13.0 Å². The Balaban J connectivity index is 2.70. The standard InChI is InChI=1S/C11H11ClN2O3S/c1-3-17-10(15)5-4-6(12)7-9(8(5)16-2)18-11(13)14-7/h4H,3H2,1-2H3,(H2,13,14). The summed E-state index contributed by atoms with van der Waals surface area (Å²) in [6, 6.07) is 1.49. The molecule has 0 spiro atoms. The van der Waals surface area contributed by atoms with Crippen LogP contribution >= 0.6 is 22.9 Å². The number of hydrogen-bond acceptors (Lipinski definition) is 6. The molecule has 1 aromatic heterocycles. The Bertz CT molecular complexity index is 612. The molecule has 0 unspecified atom stereocenters. The summed E-state index contributed by atoms with van der Waals surface area (Å²) in [7, 11) is 1.47. The first kappa shape index (κ1) is 12.9. The van der Waals surface area contributed by atoms with Crippen LogP contribution in [0.4, 0.5) is 5.13 Å². The van der Waals surface area contributed by atoms with Crippen LogP contribution in [0.3, 0.4) is 0 Å². The van der Waals surface area contributed by atoms with Crippen LogP contribution in [0, 0.1) is 0 Å². The van der Waals surface area contributed by atoms with Gasteiger partial charge in [-0.1, -0.05) is 22.9 Å². The monoisotopic (exact) mass is 286 g/mol. The van der Waals surface area contributed by atoms with E-state index in [4.69, 9.17) is 26.8 Å². The highest BCUT2D eigenvalue weighted by atomic mass is 35.5. The fourth-order valence-corrected chi connectivity index (χ4v) is 2.78. The third-order valence-corrected chi connectivity index (χ3v) is 3.46. The molecule has 0 saturated heterocycles. The lowest BCUT2D eigenvalue weighted by Crippen LogP contribution is -2.07. The molecule has 96 valence electrons. The van der Waals surface area contributed by atoms with E-state index in [1.165, 1.54) is 24.5 Å². The van der Waals surface area contributed by atoms with E-state index in [0.717, 1.165) is 0 Å². The van der Waals surface area contributed by atoms with Gasteiger partial charge in [-0.15, -0.1) is 0 Å². The van der Waals surface area contributed by atoms with E-state index < -0.39 is 5.97 Å². The van der Waals surface area contributed by atoms with E-state index in [1.807, 2.05) is 0 Å². The zero-order valence-electron chi connectivity index (χ0n) is 9.82. The number of benzene rings is 1. The Hall–Kier alpha value is -1.53. The molecule has 2 rings (SSSR count). The van der Waals surface area contributed by atoms with Crippen molar-refractivity contribution in [2.75, 3.05) is 19.5 Å². The number of nitrogens with two attached hydrogens (primary N) is 1. The lowest BCUT2D eigenvalue weighted by Gasteiger charge is -2.09. The topological polar surface area (TPSA) is 74.4 Å². The number of carbonyl (C=O) groups is 1. The summed E-state index contributed by atoms with van der Waals surface area (Å²) in [5.74, 6) is -0.0906. The second-order valence-corrected chi connectivity index (χ2v) is 4.83. The molecule has 0 aliphatic carbocycles. The third kappa shape index (κ3) is 2.09. The molecule has 0 radical (unpaired) electrons. The fraction of sp³-hybridized carbons (Fsp3) is 0.273. The maximum absolute atomic E-state index is 11.8. The third-order valence-electron chi connectivity index (χ3n) is 2.29. The molecular weight excluding hydrogens is 276 g/mol. The average molecular weight is 287 g/mol. The van der Waals surface area contributed by atoms with E-state index in [2.05, 4.69) is 4.98 Å². The predicted octanol–water partition coefficient (Wildman–Crippen LogP) is 2.72. The zero-order chi connectivity index (χ0) is 13.3. The van der Waals surface area contributed by atoms with Crippen LogP contribution in [0.1, 0.15) is 17.3 Å². The lowest BCUT2D eigenvalue weighted by atomic mass is 10.2. The molecule has 0 saturated carbocycles. The summed E-state index contributed by atoms with van der Waals surface area (Å²) in [6.07, 6.45) is 0. The molecule has 2 aromatic rings. The minimum Gasteiger partial charge on any atom is -0.494 e. The normalized spacial score (nSPS) is 10.6. The number of ether oxygens (including phenoxy) is 2. The molecule has 0 atom stereocenters. The molecular formula is C11H11ClN2O3S. The number of nitrogens with zero attached hydrogens (tertiary/aromatic N) is 1. The van der Waals surface area contributed by atoms with E-state index >= 15 is 0 Å². The van der Waals surface area contributed by atoms with Crippen molar-refractivity contribution in [1.29, 1.82) is 0 Å². The maximum Gasteiger partial charge on any atom is 0.342 e. The molecule has 7 heteroatoms. The molecule has 2 N–H and O–H groups in total. The smallest absolute Gasteiger partial charge is 0.342 e. The van der Waals surface area contributed by atoms with Crippen LogP contribution < -0.4 is 10.5 Å². The van der Waals surface area contributed by atoms with Crippen LogP contribution in [0.25, 0.3) is 10.2 Å². The van der Waals surface area contributed by atoms with Crippen molar-refractivity contribution < 1.29 is 14.3 Å². The van der Waals surface area contributed by atoms with Gasteiger partial charge in [-0.25, -0.2) is 9.78 Å². The van der Waals surface area contributed by atoms with E-state index in [0.29, 0.717) is 26.1 Å². The summed E-state index contributed by atoms with van der Waals surface area (Å²) >= 11 is 7.29. The summed E-state index contributed by atoms with van der Waals surface area (Å²) in [5.41, 5.74) is 6.45. The quantitative estimate of drug-likeness (QED) is 0.878. The van der Waals surface area contributed by atoms with E-state index in [-0.39, 0.29) is 12.2 Å². The number of rotatable bonds is 3. The first-order valence-electron chi connectivity index (χ1n) is 5.18. The minimum atomic E-state index is -0.481. The molecule has 1 heterocycles. The average Bonchev–Trinajstić information content (AvgIpc) is 2.71.